The molecule has 0 aromatic rings. The van der Waals surface area contributed by atoms with Crippen molar-refractivity contribution in [2.75, 3.05) is 0 Å². The van der Waals surface area contributed by atoms with E-state index in [4.69, 9.17) is 11.9 Å². The molecule has 0 fully saturated rings. The molecule has 0 radical (unpaired) electrons. The first-order valence-corrected chi connectivity index (χ1v) is 1.61. The molecule has 0 aromatic heterocycles. The van der Waals surface area contributed by atoms with Crippen molar-refractivity contribution in [1.82, 2.24) is 0 Å². The van der Waals surface area contributed by atoms with Crippen molar-refractivity contribution in [1.29, 1.82) is 0 Å². The molecule has 2 heteroatoms. The first-order chi connectivity index (χ1) is 2.41. The summed E-state index contributed by atoms with van der Waals surface area (Å²) in [6.07, 6.45) is 3.09. The van der Waals surface area contributed by atoms with Crippen LogP contribution in [0, 0.1) is 0 Å². The fraction of sp³-hybridized carbons (Fsp3) is 0.333. The molecule has 0 spiro atoms. The molecule has 0 rings (SSSR count). The molecular weight excluding hydrogens is 87.5 g/mol. The zero-order chi connectivity index (χ0) is 4.12. The lowest BCUT2D eigenvalue weighted by molar-refractivity contribution is 0.537. The Labute approximate surface area is 36.4 Å². The average molecular weight is 92.5 g/mol. The number of hydrogen-bond donors (Lipinski definition) is 0. The van der Waals surface area contributed by atoms with E-state index in [0.717, 1.165) is 0 Å². The minimum absolute atomic E-state index is 1.39. The Morgan fingerprint density at radius 1 is 1.80 bits per heavy atom. The van der Waals surface area contributed by atoms with Crippen LogP contribution >= 0.6 is 11.9 Å². The van der Waals surface area contributed by atoms with E-state index < -0.39 is 0 Å². The van der Waals surface area contributed by atoms with Crippen molar-refractivity contribution < 1.29 is 4.29 Å². The molecule has 5 heavy (non-hydrogen) atoms. The smallest absolute Gasteiger partial charge is 0.134 e. The van der Waals surface area contributed by atoms with Crippen LogP contribution in [-0.4, -0.2) is 0 Å². The molecule has 1 nitrogen and oxygen atoms in total. The minimum atomic E-state index is 1.39. The van der Waals surface area contributed by atoms with E-state index in [1.807, 2.05) is 6.92 Å². The second-order valence-electron chi connectivity index (χ2n) is 0.559. The van der Waals surface area contributed by atoms with Crippen molar-refractivity contribution in [3.05, 3.63) is 12.3 Å². The molecule has 0 N–H and O–H groups in total. The highest BCUT2D eigenvalue weighted by Crippen LogP contribution is 1.77. The Bertz CT molecular complexity index is 33.9. The average Bonchev–Trinajstić information content (AvgIpc) is 1.41. The van der Waals surface area contributed by atoms with Crippen LogP contribution in [0.25, 0.3) is 0 Å². The first kappa shape index (κ1) is 4.83. The van der Waals surface area contributed by atoms with Crippen molar-refractivity contribution in [2.24, 2.45) is 0 Å². The minimum Gasteiger partial charge on any atom is -0.394 e. The Morgan fingerprint density at radius 3 is 2.40 bits per heavy atom. The fourth-order valence-electron chi connectivity index (χ4n) is 0.0514. The summed E-state index contributed by atoms with van der Waals surface area (Å²) < 4.78 is 3.98. The maximum Gasteiger partial charge on any atom is 0.134 e. The molecule has 0 aromatic carbocycles. The van der Waals surface area contributed by atoms with E-state index in [1.54, 1.807) is 6.08 Å². The van der Waals surface area contributed by atoms with Crippen LogP contribution in [0.4, 0.5) is 0 Å². The van der Waals surface area contributed by atoms with E-state index in [9.17, 15) is 0 Å². The second kappa shape index (κ2) is 3.83. The lowest BCUT2D eigenvalue weighted by Gasteiger charge is -1.70. The SMILES string of the molecule is C/C=C\OCl. The van der Waals surface area contributed by atoms with Gasteiger partial charge in [-0.25, -0.2) is 0 Å². The summed E-state index contributed by atoms with van der Waals surface area (Å²) in [5.41, 5.74) is 0. The number of halogens is 1. The highest BCUT2D eigenvalue weighted by molar-refractivity contribution is 6.07. The summed E-state index contributed by atoms with van der Waals surface area (Å²) in [4.78, 5) is 0. The van der Waals surface area contributed by atoms with Crippen LogP contribution in [-0.2, 0) is 4.29 Å². The van der Waals surface area contributed by atoms with Gasteiger partial charge in [0.05, 0.1) is 0 Å². The van der Waals surface area contributed by atoms with Gasteiger partial charge in [-0.05, 0) is 6.92 Å². The third-order valence-corrected chi connectivity index (χ3v) is 0.290. The molecule has 0 aliphatic heterocycles. The molecule has 0 bridgehead atoms. The van der Waals surface area contributed by atoms with E-state index in [2.05, 4.69) is 4.29 Å². The van der Waals surface area contributed by atoms with Gasteiger partial charge in [0.25, 0.3) is 0 Å². The molecule has 0 aliphatic carbocycles. The van der Waals surface area contributed by atoms with Crippen LogP contribution in [0.1, 0.15) is 6.92 Å². The molecule has 0 unspecified atom stereocenters. The van der Waals surface area contributed by atoms with Gasteiger partial charge >= 0.3 is 0 Å². The van der Waals surface area contributed by atoms with Gasteiger partial charge in [0, 0.05) is 0 Å². The van der Waals surface area contributed by atoms with Gasteiger partial charge in [0.2, 0.25) is 0 Å². The van der Waals surface area contributed by atoms with Gasteiger partial charge in [-0.3, -0.25) is 0 Å². The van der Waals surface area contributed by atoms with E-state index in [-0.39, 0.29) is 0 Å². The Kier molecular flexibility index (Phi) is 3.70. The van der Waals surface area contributed by atoms with Crippen LogP contribution in [0.5, 0.6) is 0 Å². The lowest BCUT2D eigenvalue weighted by atomic mass is 10.8. The summed E-state index contributed by atoms with van der Waals surface area (Å²) in [6, 6.07) is 0. The highest BCUT2D eigenvalue weighted by atomic mass is 35.5. The van der Waals surface area contributed by atoms with Gasteiger partial charge in [-0.1, -0.05) is 6.08 Å². The van der Waals surface area contributed by atoms with Gasteiger partial charge in [0.15, 0.2) is 0 Å². The summed E-state index contributed by atoms with van der Waals surface area (Å²) in [7, 11) is 0. The Balaban J connectivity index is 2.62. The number of rotatable bonds is 1. The molecule has 0 saturated heterocycles. The van der Waals surface area contributed by atoms with Crippen molar-refractivity contribution >= 4 is 11.9 Å². The van der Waals surface area contributed by atoms with Crippen LogP contribution in [0.2, 0.25) is 0 Å². The first-order valence-electron chi connectivity index (χ1n) is 1.30. The third kappa shape index (κ3) is 3.83. The van der Waals surface area contributed by atoms with E-state index in [1.165, 1.54) is 6.26 Å². The van der Waals surface area contributed by atoms with Gasteiger partial charge in [0.1, 0.15) is 18.1 Å². The highest BCUT2D eigenvalue weighted by Gasteiger charge is 1.51. The Morgan fingerprint density at radius 2 is 2.40 bits per heavy atom. The van der Waals surface area contributed by atoms with Gasteiger partial charge < -0.3 is 4.29 Å². The van der Waals surface area contributed by atoms with Crippen molar-refractivity contribution in [2.45, 2.75) is 6.92 Å². The third-order valence-electron chi connectivity index (χ3n) is 0.188. The van der Waals surface area contributed by atoms with Gasteiger partial charge in [-0.15, -0.1) is 0 Å². The fourth-order valence-corrected chi connectivity index (χ4v) is 0.154. The zero-order valence-electron chi connectivity index (χ0n) is 2.94. The number of allylic oxidation sites excluding steroid dienone is 1. The maximum atomic E-state index is 4.71. The standard InChI is InChI=1S/C3H5ClO/c1-2-3-5-4/h2-3H,1H3/b3-2-. The van der Waals surface area contributed by atoms with E-state index in [0.29, 0.717) is 0 Å². The summed E-state index contributed by atoms with van der Waals surface area (Å²) in [5.74, 6) is 0. The summed E-state index contributed by atoms with van der Waals surface area (Å²) in [6.45, 7) is 1.82. The largest absolute Gasteiger partial charge is 0.394 e. The Hall–Kier alpha value is -0.170. The normalized spacial score (nSPS) is 9.20. The van der Waals surface area contributed by atoms with E-state index >= 15 is 0 Å². The molecular formula is C3H5ClO. The predicted octanol–water partition coefficient (Wildman–Crippen LogP) is 1.69. The molecule has 0 saturated carbocycles. The molecule has 0 amide bonds. The zero-order valence-corrected chi connectivity index (χ0v) is 3.70. The quantitative estimate of drug-likeness (QED) is 0.447. The molecule has 0 heterocycles. The van der Waals surface area contributed by atoms with Crippen LogP contribution < -0.4 is 0 Å². The number of hydrogen-bond acceptors (Lipinski definition) is 1. The van der Waals surface area contributed by atoms with Crippen LogP contribution in [0.3, 0.4) is 0 Å². The van der Waals surface area contributed by atoms with Crippen molar-refractivity contribution in [3.63, 3.8) is 0 Å². The van der Waals surface area contributed by atoms with Gasteiger partial charge in [-0.2, -0.15) is 0 Å². The monoisotopic (exact) mass is 92.0 g/mol. The molecule has 0 atom stereocenters. The lowest BCUT2D eigenvalue weighted by Crippen LogP contribution is -1.45. The van der Waals surface area contributed by atoms with Crippen LogP contribution in [0.15, 0.2) is 12.3 Å². The summed E-state index contributed by atoms with van der Waals surface area (Å²) in [5, 5.41) is 0. The topological polar surface area (TPSA) is 9.23 Å². The molecule has 0 aliphatic rings. The molecule has 30 valence electrons. The van der Waals surface area contributed by atoms with Crippen molar-refractivity contribution in [3.8, 4) is 0 Å². The maximum absolute atomic E-state index is 4.71. The summed E-state index contributed by atoms with van der Waals surface area (Å²) >= 11 is 4.71. The predicted molar refractivity (Wildman–Crippen MR) is 21.8 cm³/mol. The second-order valence-corrected chi connectivity index (χ2v) is 0.737.